The molecule has 0 aliphatic carbocycles. The van der Waals surface area contributed by atoms with Crippen LogP contribution < -0.4 is 4.90 Å². The van der Waals surface area contributed by atoms with Crippen molar-refractivity contribution in [2.75, 3.05) is 38.6 Å². The van der Waals surface area contributed by atoms with Crippen molar-refractivity contribution in [3.05, 3.63) is 23.8 Å². The van der Waals surface area contributed by atoms with Crippen molar-refractivity contribution in [1.82, 2.24) is 14.8 Å². The molecule has 0 spiro atoms. The summed E-state index contributed by atoms with van der Waals surface area (Å²) in [6.07, 6.45) is 0.185. The smallest absolute Gasteiger partial charge is 0.248 e. The number of nitrogens with zero attached hydrogens (tertiary/aromatic N) is 4. The van der Waals surface area contributed by atoms with Crippen LogP contribution in [0.1, 0.15) is 12.8 Å². The SMILES string of the molecule is CN(C)CCN(C(=O)CN1C(=O)CCC1=O)c1nc2c(F)cc(F)cc2s1.Cl. The molecule has 0 bridgehead atoms. The largest absolute Gasteiger partial charge is 0.308 e. The van der Waals surface area contributed by atoms with Gasteiger partial charge in [-0.05, 0) is 20.2 Å². The number of carbonyl (C=O) groups excluding carboxylic acids is 3. The highest BCUT2D eigenvalue weighted by Crippen LogP contribution is 2.31. The Balaban J connectivity index is 0.00000280. The van der Waals surface area contributed by atoms with Crippen molar-refractivity contribution in [2.45, 2.75) is 12.8 Å². The number of halogens is 3. The maximum absolute atomic E-state index is 14.0. The molecule has 1 aliphatic rings. The van der Waals surface area contributed by atoms with E-state index in [2.05, 4.69) is 4.98 Å². The number of likely N-dealkylation sites (N-methyl/N-ethyl adjacent to an activating group) is 1. The van der Waals surface area contributed by atoms with E-state index >= 15 is 0 Å². The zero-order valence-corrected chi connectivity index (χ0v) is 16.9. The average molecular weight is 433 g/mol. The van der Waals surface area contributed by atoms with E-state index in [0.29, 0.717) is 6.54 Å². The van der Waals surface area contributed by atoms with E-state index in [1.54, 1.807) is 0 Å². The molecule has 1 aromatic carbocycles. The molecule has 1 saturated heterocycles. The van der Waals surface area contributed by atoms with Gasteiger partial charge in [0.25, 0.3) is 0 Å². The Bertz CT molecular complexity index is 905. The van der Waals surface area contributed by atoms with Crippen LogP contribution in [0.5, 0.6) is 0 Å². The van der Waals surface area contributed by atoms with E-state index in [1.165, 1.54) is 4.90 Å². The van der Waals surface area contributed by atoms with Crippen molar-refractivity contribution in [3.63, 3.8) is 0 Å². The molecule has 0 saturated carbocycles. The second-order valence-electron chi connectivity index (χ2n) is 6.45. The third kappa shape index (κ3) is 4.62. The number of carbonyl (C=O) groups is 3. The van der Waals surface area contributed by atoms with Gasteiger partial charge in [-0.2, -0.15) is 0 Å². The highest BCUT2D eigenvalue weighted by atomic mass is 35.5. The van der Waals surface area contributed by atoms with Crippen LogP contribution in [0.15, 0.2) is 12.1 Å². The minimum Gasteiger partial charge on any atom is -0.308 e. The third-order valence-corrected chi connectivity index (χ3v) is 5.18. The van der Waals surface area contributed by atoms with Gasteiger partial charge in [0.05, 0.1) is 4.70 Å². The molecule has 7 nitrogen and oxygen atoms in total. The van der Waals surface area contributed by atoms with Gasteiger partial charge >= 0.3 is 0 Å². The first-order chi connectivity index (χ1) is 12.8. The molecule has 0 unspecified atom stereocenters. The van der Waals surface area contributed by atoms with Gasteiger partial charge in [0, 0.05) is 32.0 Å². The predicted molar refractivity (Wildman–Crippen MR) is 104 cm³/mol. The van der Waals surface area contributed by atoms with Gasteiger partial charge in [-0.3, -0.25) is 24.2 Å². The number of hydrogen-bond acceptors (Lipinski definition) is 6. The number of amides is 3. The van der Waals surface area contributed by atoms with E-state index in [0.717, 1.165) is 28.4 Å². The first-order valence-electron chi connectivity index (χ1n) is 8.30. The van der Waals surface area contributed by atoms with Crippen LogP contribution in [0.2, 0.25) is 0 Å². The molecular formula is C17H19ClF2N4O3S. The summed E-state index contributed by atoms with van der Waals surface area (Å²) < 4.78 is 27.7. The summed E-state index contributed by atoms with van der Waals surface area (Å²) in [5.74, 6) is -2.82. The van der Waals surface area contributed by atoms with Crippen LogP contribution in [-0.2, 0) is 14.4 Å². The number of hydrogen-bond donors (Lipinski definition) is 0. The number of likely N-dealkylation sites (tertiary alicyclic amines) is 1. The quantitative estimate of drug-likeness (QED) is 0.653. The minimum absolute atomic E-state index is 0. The van der Waals surface area contributed by atoms with Crippen molar-refractivity contribution >= 4 is 56.8 Å². The van der Waals surface area contributed by atoms with Crippen molar-refractivity contribution in [2.24, 2.45) is 0 Å². The number of rotatable bonds is 6. The van der Waals surface area contributed by atoms with Crippen LogP contribution in [0, 0.1) is 11.6 Å². The van der Waals surface area contributed by atoms with Gasteiger partial charge in [0.15, 0.2) is 10.9 Å². The average Bonchev–Trinajstić information content (AvgIpc) is 3.13. The van der Waals surface area contributed by atoms with Gasteiger partial charge in [0.2, 0.25) is 17.7 Å². The first-order valence-corrected chi connectivity index (χ1v) is 9.12. The fourth-order valence-electron chi connectivity index (χ4n) is 2.71. The highest BCUT2D eigenvalue weighted by molar-refractivity contribution is 7.22. The van der Waals surface area contributed by atoms with Crippen molar-refractivity contribution < 1.29 is 23.2 Å². The lowest BCUT2D eigenvalue weighted by molar-refractivity contribution is -0.141. The Hall–Kier alpha value is -2.17. The molecule has 3 rings (SSSR count). The number of fused-ring (bicyclic) bond motifs is 1. The summed E-state index contributed by atoms with van der Waals surface area (Å²) in [6.45, 7) is 0.324. The van der Waals surface area contributed by atoms with E-state index in [-0.39, 0.29) is 47.1 Å². The molecule has 1 aliphatic heterocycles. The molecule has 3 amide bonds. The Kier molecular flexibility index (Phi) is 7.02. The first kappa shape index (κ1) is 22.1. The lowest BCUT2D eigenvalue weighted by Crippen LogP contribution is -2.44. The summed E-state index contributed by atoms with van der Waals surface area (Å²) >= 11 is 0.980. The van der Waals surface area contributed by atoms with Gasteiger partial charge < -0.3 is 4.90 Å². The summed E-state index contributed by atoms with van der Waals surface area (Å²) in [4.78, 5) is 44.6. The van der Waals surface area contributed by atoms with Crippen LogP contribution in [0.4, 0.5) is 13.9 Å². The van der Waals surface area contributed by atoms with Crippen molar-refractivity contribution in [1.29, 1.82) is 0 Å². The van der Waals surface area contributed by atoms with E-state index < -0.39 is 35.9 Å². The third-order valence-electron chi connectivity index (χ3n) is 4.15. The van der Waals surface area contributed by atoms with Gasteiger partial charge in [0.1, 0.15) is 17.9 Å². The predicted octanol–water partition coefficient (Wildman–Crippen LogP) is 2.04. The monoisotopic (exact) mass is 432 g/mol. The molecule has 1 aromatic heterocycles. The Labute approximate surface area is 170 Å². The lowest BCUT2D eigenvalue weighted by atomic mass is 10.3. The number of thiazole rings is 1. The molecule has 2 aromatic rings. The summed E-state index contributed by atoms with van der Waals surface area (Å²) in [7, 11) is 3.65. The summed E-state index contributed by atoms with van der Waals surface area (Å²) in [5.41, 5.74) is -0.0209. The number of imide groups is 1. The van der Waals surface area contributed by atoms with Crippen LogP contribution in [0.25, 0.3) is 10.2 Å². The van der Waals surface area contributed by atoms with Gasteiger partial charge in [-0.15, -0.1) is 12.4 Å². The molecule has 11 heteroatoms. The Morgan fingerprint density at radius 2 is 1.82 bits per heavy atom. The highest BCUT2D eigenvalue weighted by Gasteiger charge is 2.32. The van der Waals surface area contributed by atoms with Crippen LogP contribution in [-0.4, -0.2) is 66.2 Å². The second-order valence-corrected chi connectivity index (χ2v) is 7.46. The molecule has 0 N–H and O–H groups in total. The molecule has 152 valence electrons. The van der Waals surface area contributed by atoms with E-state index in [4.69, 9.17) is 0 Å². The molecule has 28 heavy (non-hydrogen) atoms. The van der Waals surface area contributed by atoms with E-state index in [9.17, 15) is 23.2 Å². The van der Waals surface area contributed by atoms with Gasteiger partial charge in [-0.1, -0.05) is 11.3 Å². The Morgan fingerprint density at radius 1 is 1.18 bits per heavy atom. The summed E-state index contributed by atoms with van der Waals surface area (Å²) in [5, 5.41) is 0.195. The number of anilines is 1. The summed E-state index contributed by atoms with van der Waals surface area (Å²) in [6, 6.07) is 1.89. The minimum atomic E-state index is -0.808. The normalized spacial score (nSPS) is 14.1. The zero-order valence-electron chi connectivity index (χ0n) is 15.3. The van der Waals surface area contributed by atoms with Crippen LogP contribution in [0.3, 0.4) is 0 Å². The molecule has 1 fully saturated rings. The topological polar surface area (TPSA) is 73.8 Å². The molecule has 2 heterocycles. The van der Waals surface area contributed by atoms with Crippen LogP contribution >= 0.6 is 23.7 Å². The fourth-order valence-corrected chi connectivity index (χ4v) is 3.76. The molecule has 0 radical (unpaired) electrons. The molecule has 0 atom stereocenters. The number of aromatic nitrogens is 1. The molecular weight excluding hydrogens is 414 g/mol. The maximum atomic E-state index is 14.0. The second kappa shape index (κ2) is 8.89. The Morgan fingerprint density at radius 3 is 2.43 bits per heavy atom. The zero-order chi connectivity index (χ0) is 19.7. The van der Waals surface area contributed by atoms with Gasteiger partial charge in [-0.25, -0.2) is 13.8 Å². The lowest BCUT2D eigenvalue weighted by Gasteiger charge is -2.24. The maximum Gasteiger partial charge on any atom is 0.248 e. The van der Waals surface area contributed by atoms with E-state index in [1.807, 2.05) is 19.0 Å². The number of benzene rings is 1. The standard InChI is InChI=1S/C17H18F2N4O3S.ClH/c1-21(2)5-6-22(15(26)9-23-13(24)3-4-14(23)25)17-20-16-11(19)7-10(18)8-12(16)27-17;/h7-8H,3-6,9H2,1-2H3;1H. The van der Waals surface area contributed by atoms with Crippen molar-refractivity contribution in [3.8, 4) is 0 Å². The fraction of sp³-hybridized carbons (Fsp3) is 0.412.